The number of aliphatic hydroxyl groups is 1. The minimum absolute atomic E-state index is 0.0788. The number of nitrogens with one attached hydrogen (secondary N) is 1. The van der Waals surface area contributed by atoms with Crippen LogP contribution in [0.25, 0.3) is 0 Å². The fraction of sp³-hybridized carbons (Fsp3) is 0.235. The van der Waals surface area contributed by atoms with Crippen LogP contribution in [0.3, 0.4) is 0 Å². The Hall–Kier alpha value is -2.18. The largest absolute Gasteiger partial charge is 0.398 e. The molecule has 0 radical (unpaired) electrons. The molecule has 0 saturated heterocycles. The van der Waals surface area contributed by atoms with Crippen LogP contribution in [-0.4, -0.2) is 25.2 Å². The fourth-order valence-corrected chi connectivity index (χ4v) is 3.48. The third-order valence-electron chi connectivity index (χ3n) is 3.56. The molecule has 0 amide bonds. The van der Waals surface area contributed by atoms with Gasteiger partial charge in [-0.25, -0.2) is 8.42 Å². The van der Waals surface area contributed by atoms with E-state index < -0.39 is 14.9 Å². The summed E-state index contributed by atoms with van der Waals surface area (Å²) in [4.78, 5) is 0.0788. The highest BCUT2D eigenvalue weighted by Gasteiger charge is 2.24. The molecule has 0 spiro atoms. The molecule has 6 heteroatoms. The Morgan fingerprint density at radius 2 is 1.78 bits per heavy atom. The van der Waals surface area contributed by atoms with E-state index in [4.69, 9.17) is 16.2 Å². The molecule has 0 aromatic heterocycles. The van der Waals surface area contributed by atoms with Crippen LogP contribution >= 0.6 is 0 Å². The number of aliphatic hydroxyl groups excluding tert-OH is 1. The lowest BCUT2D eigenvalue weighted by molar-refractivity contribution is 0.284. The van der Waals surface area contributed by atoms with Crippen molar-refractivity contribution >= 4 is 20.6 Å². The molecular weight excluding hydrogens is 312 g/mol. The standard InChI is InChI=1S/C17H20N2O3S/c18-16-10-9-13(6-4-5-11-20)12-15(16)17(19)23(21,22)14-7-2-1-3-8-14/h1-3,7-10,12,19-20H,4-6,11,18H2. The molecule has 0 bridgehead atoms. The molecule has 0 aliphatic rings. The van der Waals surface area contributed by atoms with Crippen molar-refractivity contribution in [3.63, 3.8) is 0 Å². The summed E-state index contributed by atoms with van der Waals surface area (Å²) < 4.78 is 25.1. The Kier molecular flexibility index (Phi) is 5.52. The second-order valence-corrected chi connectivity index (χ2v) is 7.13. The highest BCUT2D eigenvalue weighted by Crippen LogP contribution is 2.22. The fourth-order valence-electron chi connectivity index (χ4n) is 2.26. The van der Waals surface area contributed by atoms with Gasteiger partial charge in [0.05, 0.1) is 4.90 Å². The molecule has 0 atom stereocenters. The summed E-state index contributed by atoms with van der Waals surface area (Å²) in [6.07, 6.45) is 2.17. The number of benzene rings is 2. The van der Waals surface area contributed by atoms with E-state index in [-0.39, 0.29) is 22.8 Å². The minimum Gasteiger partial charge on any atom is -0.398 e. The normalized spacial score (nSPS) is 11.3. The SMILES string of the molecule is N=C(c1cc(CCCCO)ccc1N)S(=O)(=O)c1ccccc1. The first kappa shape index (κ1) is 17.2. The van der Waals surface area contributed by atoms with Gasteiger partial charge in [0, 0.05) is 17.9 Å². The molecule has 0 fully saturated rings. The number of rotatable bonds is 6. The van der Waals surface area contributed by atoms with Gasteiger partial charge in [-0.1, -0.05) is 24.3 Å². The van der Waals surface area contributed by atoms with Gasteiger partial charge in [-0.05, 0) is 49.1 Å². The Balaban J connectivity index is 2.33. The van der Waals surface area contributed by atoms with Crippen LogP contribution in [0.5, 0.6) is 0 Å². The van der Waals surface area contributed by atoms with Gasteiger partial charge in [-0.3, -0.25) is 5.41 Å². The van der Waals surface area contributed by atoms with E-state index in [9.17, 15) is 8.42 Å². The second-order valence-electron chi connectivity index (χ2n) is 5.25. The molecule has 2 aromatic rings. The maximum atomic E-state index is 12.5. The third kappa shape index (κ3) is 3.97. The Labute approximate surface area is 136 Å². The van der Waals surface area contributed by atoms with E-state index in [1.54, 1.807) is 30.3 Å². The van der Waals surface area contributed by atoms with Crippen molar-refractivity contribution in [3.8, 4) is 0 Å². The first-order valence-corrected chi connectivity index (χ1v) is 8.83. The van der Waals surface area contributed by atoms with Gasteiger partial charge in [0.2, 0.25) is 9.84 Å². The third-order valence-corrected chi connectivity index (χ3v) is 5.21. The number of nitrogens with two attached hydrogens (primary N) is 1. The van der Waals surface area contributed by atoms with E-state index in [0.29, 0.717) is 12.8 Å². The van der Waals surface area contributed by atoms with Crippen LogP contribution in [0.2, 0.25) is 0 Å². The van der Waals surface area contributed by atoms with Gasteiger partial charge < -0.3 is 10.8 Å². The molecule has 23 heavy (non-hydrogen) atoms. The summed E-state index contributed by atoms with van der Waals surface area (Å²) in [5.41, 5.74) is 7.26. The van der Waals surface area contributed by atoms with Crippen molar-refractivity contribution in [2.24, 2.45) is 0 Å². The predicted molar refractivity (Wildman–Crippen MR) is 91.3 cm³/mol. The number of unbranched alkanes of at least 4 members (excludes halogenated alkanes) is 1. The first-order chi connectivity index (χ1) is 11.0. The predicted octanol–water partition coefficient (Wildman–Crippen LogP) is 2.38. The number of nitrogen functional groups attached to an aromatic ring is 1. The summed E-state index contributed by atoms with van der Waals surface area (Å²) in [6.45, 7) is 0.125. The van der Waals surface area contributed by atoms with Crippen LogP contribution in [0.1, 0.15) is 24.0 Å². The van der Waals surface area contributed by atoms with E-state index in [1.807, 2.05) is 6.07 Å². The van der Waals surface area contributed by atoms with Gasteiger partial charge in [-0.15, -0.1) is 0 Å². The molecule has 0 heterocycles. The monoisotopic (exact) mass is 332 g/mol. The molecule has 2 aromatic carbocycles. The van der Waals surface area contributed by atoms with Crippen LogP contribution in [0, 0.1) is 5.41 Å². The smallest absolute Gasteiger partial charge is 0.223 e. The van der Waals surface area contributed by atoms with E-state index in [2.05, 4.69) is 0 Å². The van der Waals surface area contributed by atoms with Gasteiger partial charge in [0.1, 0.15) is 0 Å². The van der Waals surface area contributed by atoms with Gasteiger partial charge in [0.15, 0.2) is 5.04 Å². The average Bonchev–Trinajstić information content (AvgIpc) is 2.56. The molecule has 0 aliphatic heterocycles. The maximum Gasteiger partial charge on any atom is 0.223 e. The van der Waals surface area contributed by atoms with Crippen LogP contribution < -0.4 is 5.73 Å². The number of aryl methyl sites for hydroxylation is 1. The molecule has 0 unspecified atom stereocenters. The molecular formula is C17H20N2O3S. The molecule has 0 saturated carbocycles. The maximum absolute atomic E-state index is 12.5. The zero-order valence-corrected chi connectivity index (χ0v) is 13.5. The zero-order valence-electron chi connectivity index (χ0n) is 12.7. The van der Waals surface area contributed by atoms with Gasteiger partial charge in [-0.2, -0.15) is 0 Å². The number of hydrogen-bond acceptors (Lipinski definition) is 5. The van der Waals surface area contributed by atoms with Crippen molar-refractivity contribution in [3.05, 3.63) is 59.7 Å². The zero-order chi connectivity index (χ0) is 16.9. The highest BCUT2D eigenvalue weighted by molar-refractivity contribution is 8.06. The van der Waals surface area contributed by atoms with Gasteiger partial charge >= 0.3 is 0 Å². The average molecular weight is 332 g/mol. The Morgan fingerprint density at radius 3 is 2.43 bits per heavy atom. The number of anilines is 1. The minimum atomic E-state index is -3.89. The van der Waals surface area contributed by atoms with Crippen molar-refractivity contribution in [2.45, 2.75) is 24.2 Å². The van der Waals surface area contributed by atoms with Gasteiger partial charge in [0.25, 0.3) is 0 Å². The summed E-state index contributed by atoms with van der Waals surface area (Å²) in [7, 11) is -3.89. The summed E-state index contributed by atoms with van der Waals surface area (Å²) >= 11 is 0. The quantitative estimate of drug-likeness (QED) is 0.327. The Morgan fingerprint density at radius 1 is 1.09 bits per heavy atom. The number of hydrogen-bond donors (Lipinski definition) is 3. The van der Waals surface area contributed by atoms with Crippen LogP contribution in [0.4, 0.5) is 5.69 Å². The molecule has 4 N–H and O–H groups in total. The lowest BCUT2D eigenvalue weighted by atomic mass is 10.0. The van der Waals surface area contributed by atoms with Crippen molar-refractivity contribution in [2.75, 3.05) is 12.3 Å². The highest BCUT2D eigenvalue weighted by atomic mass is 32.2. The van der Waals surface area contributed by atoms with Crippen LogP contribution in [0.15, 0.2) is 53.4 Å². The summed E-state index contributed by atoms with van der Waals surface area (Å²) in [5.74, 6) is 0. The van der Waals surface area contributed by atoms with E-state index >= 15 is 0 Å². The molecule has 2 rings (SSSR count). The summed E-state index contributed by atoms with van der Waals surface area (Å²) in [5, 5.41) is 16.4. The van der Waals surface area contributed by atoms with Crippen molar-refractivity contribution in [1.29, 1.82) is 5.41 Å². The first-order valence-electron chi connectivity index (χ1n) is 7.35. The Bertz CT molecular complexity index is 787. The molecule has 5 nitrogen and oxygen atoms in total. The lowest BCUT2D eigenvalue weighted by Gasteiger charge is -2.11. The lowest BCUT2D eigenvalue weighted by Crippen LogP contribution is -2.17. The van der Waals surface area contributed by atoms with Crippen LogP contribution in [-0.2, 0) is 16.3 Å². The number of sulfone groups is 1. The topological polar surface area (TPSA) is 104 Å². The summed E-state index contributed by atoms with van der Waals surface area (Å²) in [6, 6.07) is 13.0. The van der Waals surface area contributed by atoms with Crippen molar-refractivity contribution in [1.82, 2.24) is 0 Å². The van der Waals surface area contributed by atoms with Crippen molar-refractivity contribution < 1.29 is 13.5 Å². The van der Waals surface area contributed by atoms with E-state index in [1.165, 1.54) is 12.1 Å². The molecule has 122 valence electrons. The second kappa shape index (κ2) is 7.39. The van der Waals surface area contributed by atoms with E-state index in [0.717, 1.165) is 12.0 Å². The molecule has 0 aliphatic carbocycles.